The summed E-state index contributed by atoms with van der Waals surface area (Å²) in [6, 6.07) is 0. The van der Waals surface area contributed by atoms with E-state index in [4.69, 9.17) is 5.11 Å². The van der Waals surface area contributed by atoms with Gasteiger partial charge in [0, 0.05) is 24.7 Å². The van der Waals surface area contributed by atoms with E-state index >= 15 is 0 Å². The van der Waals surface area contributed by atoms with E-state index in [-0.39, 0.29) is 30.8 Å². The summed E-state index contributed by atoms with van der Waals surface area (Å²) in [5.74, 6) is 11.7. The quantitative estimate of drug-likeness (QED) is 0.282. The molecule has 0 spiro atoms. The summed E-state index contributed by atoms with van der Waals surface area (Å²) in [6.45, 7) is 8.70. The average molecular weight is 403 g/mol. The molecule has 1 unspecified atom stereocenters. The molecule has 2 N–H and O–H groups in total. The molecule has 23 heavy (non-hydrogen) atoms. The summed E-state index contributed by atoms with van der Waals surface area (Å²) in [5, 5.41) is 11.0. The van der Waals surface area contributed by atoms with Gasteiger partial charge in [-0.2, -0.15) is 24.6 Å². The van der Waals surface area contributed by atoms with Gasteiger partial charge in [-0.05, 0) is 24.1 Å². The second-order valence-corrected chi connectivity index (χ2v) is 4.91. The molecular formula is C16H27CoNO3PS. The standard InChI is InChI=1S/C12H17NO2PS.C3H7O.CH3.Co/c1-2-13-9-7-11-17-10-6-4-3-5-8-12(14)15-16;1-2-3-4;;/h9,13H,2,6-7,10-11,16H2,1H3;4H,1-3H2;1H3;/q3*-1;+3. The average Bonchev–Trinajstić information content (AvgIpc) is 2.52. The van der Waals surface area contributed by atoms with Crippen molar-refractivity contribution in [1.82, 2.24) is 5.32 Å². The fourth-order valence-corrected chi connectivity index (χ4v) is 1.63. The van der Waals surface area contributed by atoms with Crippen molar-refractivity contribution < 1.29 is 31.2 Å². The number of carbonyl (C=O) groups is 1. The first-order valence-electron chi connectivity index (χ1n) is 6.65. The maximum absolute atomic E-state index is 10.6. The van der Waals surface area contributed by atoms with E-state index in [1.807, 2.05) is 21.2 Å². The number of carbonyl (C=O) groups excluding carboxylic acids is 1. The Kier molecular flexibility index (Phi) is 39.7. The summed E-state index contributed by atoms with van der Waals surface area (Å²) in [5.41, 5.74) is 0. The number of rotatable bonds is 8. The molecule has 0 fully saturated rings. The van der Waals surface area contributed by atoms with Crippen molar-refractivity contribution in [2.75, 3.05) is 24.7 Å². The van der Waals surface area contributed by atoms with Crippen molar-refractivity contribution in [3.63, 3.8) is 0 Å². The van der Waals surface area contributed by atoms with E-state index in [2.05, 4.69) is 53.9 Å². The Morgan fingerprint density at radius 2 is 2.09 bits per heavy atom. The third kappa shape index (κ3) is 34.2. The molecule has 0 aliphatic carbocycles. The van der Waals surface area contributed by atoms with E-state index in [0.717, 1.165) is 30.9 Å². The molecule has 0 bridgehead atoms. The number of nitrogens with one attached hydrogen (secondary N) is 1. The Bertz CT molecular complexity index is 360. The molecule has 134 valence electrons. The van der Waals surface area contributed by atoms with Gasteiger partial charge >= 0.3 is 22.7 Å². The summed E-state index contributed by atoms with van der Waals surface area (Å²) in [7, 11) is 1.85. The van der Waals surface area contributed by atoms with Crippen molar-refractivity contribution in [2.24, 2.45) is 0 Å². The van der Waals surface area contributed by atoms with Gasteiger partial charge in [0.05, 0.1) is 9.47 Å². The topological polar surface area (TPSA) is 58.6 Å². The molecule has 0 aromatic heterocycles. The summed E-state index contributed by atoms with van der Waals surface area (Å²) in [6.07, 6.45) is 2.47. The van der Waals surface area contributed by atoms with Gasteiger partial charge in [-0.1, -0.05) is 12.8 Å². The van der Waals surface area contributed by atoms with Gasteiger partial charge in [-0.15, -0.1) is 0 Å². The minimum absolute atomic E-state index is 0. The Balaban J connectivity index is -0.000000268. The van der Waals surface area contributed by atoms with Gasteiger partial charge in [0.1, 0.15) is 0 Å². The van der Waals surface area contributed by atoms with E-state index in [1.165, 1.54) is 0 Å². The van der Waals surface area contributed by atoms with E-state index in [1.54, 1.807) is 0 Å². The molecule has 0 radical (unpaired) electrons. The van der Waals surface area contributed by atoms with Gasteiger partial charge < -0.3 is 29.3 Å². The van der Waals surface area contributed by atoms with E-state index < -0.39 is 5.97 Å². The number of hydrogen-bond acceptors (Lipinski definition) is 5. The van der Waals surface area contributed by atoms with Crippen LogP contribution in [0.25, 0.3) is 0 Å². The number of thioether (sulfide) groups is 1. The van der Waals surface area contributed by atoms with Gasteiger partial charge in [-0.3, -0.25) is 6.54 Å². The fourth-order valence-electron chi connectivity index (χ4n) is 0.832. The first kappa shape index (κ1) is 30.7. The van der Waals surface area contributed by atoms with Crippen molar-refractivity contribution in [3.05, 3.63) is 20.9 Å². The monoisotopic (exact) mass is 403 g/mol. The summed E-state index contributed by atoms with van der Waals surface area (Å²) < 4.78 is 4.26. The van der Waals surface area contributed by atoms with Crippen LogP contribution in [-0.2, 0) is 26.1 Å². The van der Waals surface area contributed by atoms with Crippen LogP contribution in [-0.4, -0.2) is 35.7 Å². The Hall–Kier alpha value is -0.204. The Labute approximate surface area is 159 Å². The van der Waals surface area contributed by atoms with Crippen LogP contribution in [0.3, 0.4) is 0 Å². The molecule has 0 aliphatic heterocycles. The van der Waals surface area contributed by atoms with Crippen LogP contribution < -0.4 is 5.32 Å². The number of aliphatic hydroxyl groups excluding tert-OH is 1. The summed E-state index contributed by atoms with van der Waals surface area (Å²) in [4.78, 5) is 10.6. The van der Waals surface area contributed by atoms with Crippen LogP contribution in [0, 0.1) is 44.6 Å². The SMILES string of the molecule is CCN[CH-]CCSCCC#CC#CC(=O)OP.[CH2-]CCO.[CH3-].[Co+3]. The minimum atomic E-state index is -0.586. The predicted octanol–water partition coefficient (Wildman–Crippen LogP) is 2.26. The second-order valence-electron chi connectivity index (χ2n) is 3.45. The zero-order chi connectivity index (χ0) is 16.2. The van der Waals surface area contributed by atoms with Gasteiger partial charge in [0.2, 0.25) is 0 Å². The van der Waals surface area contributed by atoms with Crippen LogP contribution in [0.5, 0.6) is 0 Å². The second kappa shape index (κ2) is 29.8. The maximum Gasteiger partial charge on any atom is 3.00 e. The maximum atomic E-state index is 10.6. The molecule has 0 heterocycles. The third-order valence-corrected chi connectivity index (χ3v) is 2.94. The molecule has 0 aromatic rings. The predicted molar refractivity (Wildman–Crippen MR) is 99.4 cm³/mol. The van der Waals surface area contributed by atoms with Gasteiger partial charge in [-0.25, -0.2) is 4.79 Å². The molecule has 7 heteroatoms. The molecule has 0 amide bonds. The zero-order valence-electron chi connectivity index (χ0n) is 13.8. The van der Waals surface area contributed by atoms with Gasteiger partial charge in [0.15, 0.2) is 0 Å². The smallest absolute Gasteiger partial charge is 0.470 e. The number of aliphatic hydroxyl groups is 1. The molecule has 0 aliphatic rings. The minimum Gasteiger partial charge on any atom is -0.470 e. The van der Waals surface area contributed by atoms with Crippen LogP contribution >= 0.6 is 21.2 Å². The van der Waals surface area contributed by atoms with Crippen LogP contribution in [0.2, 0.25) is 0 Å². The van der Waals surface area contributed by atoms with Crippen molar-refractivity contribution in [3.8, 4) is 23.7 Å². The van der Waals surface area contributed by atoms with Crippen LogP contribution in [0.1, 0.15) is 26.2 Å². The van der Waals surface area contributed by atoms with E-state index in [9.17, 15) is 4.79 Å². The van der Waals surface area contributed by atoms with Crippen LogP contribution in [0.15, 0.2) is 0 Å². The fraction of sp³-hybridized carbons (Fsp3) is 0.500. The molecule has 0 rings (SSSR count). The molecular weight excluding hydrogens is 376 g/mol. The zero-order valence-corrected chi connectivity index (χ0v) is 16.8. The van der Waals surface area contributed by atoms with E-state index in [0.29, 0.717) is 6.42 Å². The largest absolute Gasteiger partial charge is 3.00 e. The van der Waals surface area contributed by atoms with Crippen molar-refractivity contribution >= 4 is 27.2 Å². The molecule has 0 saturated carbocycles. The normalized spacial score (nSPS) is 7.65. The number of hydrogen-bond donors (Lipinski definition) is 2. The summed E-state index contributed by atoms with van der Waals surface area (Å²) >= 11 is 1.86. The third-order valence-electron chi connectivity index (χ3n) is 1.71. The Morgan fingerprint density at radius 3 is 2.61 bits per heavy atom. The first-order valence-corrected chi connectivity index (χ1v) is 8.27. The molecule has 0 saturated heterocycles. The van der Waals surface area contributed by atoms with Crippen molar-refractivity contribution in [2.45, 2.75) is 26.2 Å². The molecule has 4 nitrogen and oxygen atoms in total. The van der Waals surface area contributed by atoms with Crippen molar-refractivity contribution in [1.29, 1.82) is 0 Å². The van der Waals surface area contributed by atoms with Gasteiger partial charge in [0.25, 0.3) is 0 Å². The molecule has 1 atom stereocenters. The molecule has 0 aromatic carbocycles. The Morgan fingerprint density at radius 1 is 1.43 bits per heavy atom. The van der Waals surface area contributed by atoms with Crippen LogP contribution in [0.4, 0.5) is 0 Å². The first-order chi connectivity index (χ1) is 10.2.